The normalized spacial score (nSPS) is 31.8. The van der Waals surface area contributed by atoms with Crippen LogP contribution in [0.5, 0.6) is 0 Å². The average molecular weight is 170 g/mol. The number of rotatable bonds is 0. The van der Waals surface area contributed by atoms with E-state index < -0.39 is 0 Å². The van der Waals surface area contributed by atoms with Gasteiger partial charge in [-0.05, 0) is 12.8 Å². The monoisotopic (exact) mass is 170 g/mol. The largest absolute Gasteiger partial charge is 0.157 e. The fourth-order valence-electron chi connectivity index (χ4n) is 1.58. The molecule has 1 atom stereocenters. The lowest BCUT2D eigenvalue weighted by Gasteiger charge is -2.16. The van der Waals surface area contributed by atoms with Gasteiger partial charge in [-0.15, -0.1) is 0 Å². The zero-order chi connectivity index (χ0) is 6.97. The molecule has 0 aromatic heterocycles. The third-order valence-electron chi connectivity index (χ3n) is 2.19. The molecule has 0 amide bonds. The van der Waals surface area contributed by atoms with E-state index in [1.165, 1.54) is 22.8 Å². The van der Waals surface area contributed by atoms with Gasteiger partial charge in [0.25, 0.3) is 0 Å². The first kappa shape index (κ1) is 6.86. The van der Waals surface area contributed by atoms with E-state index in [9.17, 15) is 0 Å². The van der Waals surface area contributed by atoms with Gasteiger partial charge in [-0.25, -0.2) is 0 Å². The van der Waals surface area contributed by atoms with Crippen LogP contribution < -0.4 is 0 Å². The molecule has 0 radical (unpaired) electrons. The van der Waals surface area contributed by atoms with Crippen molar-refractivity contribution < 1.29 is 0 Å². The summed E-state index contributed by atoms with van der Waals surface area (Å²) in [6, 6.07) is 0. The molecule has 1 heterocycles. The van der Waals surface area contributed by atoms with E-state index in [1.807, 2.05) is 11.8 Å². The number of fused-ring (bicyclic) bond motifs is 1. The number of thioether (sulfide) groups is 1. The highest BCUT2D eigenvalue weighted by atomic mass is 32.2. The Labute approximate surface area is 71.1 Å². The molecule has 1 unspecified atom stereocenters. The molecular formula is C8H10S2. The van der Waals surface area contributed by atoms with Crippen LogP contribution in [-0.2, 0) is 0 Å². The fourth-order valence-corrected chi connectivity index (χ4v) is 3.36. The second kappa shape index (κ2) is 2.67. The van der Waals surface area contributed by atoms with Crippen LogP contribution in [0.3, 0.4) is 0 Å². The lowest BCUT2D eigenvalue weighted by Crippen LogP contribution is -2.16. The van der Waals surface area contributed by atoms with Gasteiger partial charge in [0, 0.05) is 22.3 Å². The van der Waals surface area contributed by atoms with Crippen LogP contribution >= 0.6 is 24.0 Å². The molecule has 1 aliphatic heterocycles. The molecule has 54 valence electrons. The molecule has 10 heavy (non-hydrogen) atoms. The summed E-state index contributed by atoms with van der Waals surface area (Å²) in [6.07, 6.45) is 4.75. The van der Waals surface area contributed by atoms with Crippen molar-refractivity contribution in [1.29, 1.82) is 0 Å². The van der Waals surface area contributed by atoms with Crippen molar-refractivity contribution >= 4 is 28.8 Å². The number of hydrogen-bond acceptors (Lipinski definition) is 2. The predicted octanol–water partition coefficient (Wildman–Crippen LogP) is 2.44. The predicted molar refractivity (Wildman–Crippen MR) is 50.7 cm³/mol. The van der Waals surface area contributed by atoms with Gasteiger partial charge in [0.1, 0.15) is 0 Å². The summed E-state index contributed by atoms with van der Waals surface area (Å²) in [5.74, 6) is 3.18. The minimum Gasteiger partial charge on any atom is -0.157 e. The molecule has 1 saturated heterocycles. The molecule has 0 saturated carbocycles. The van der Waals surface area contributed by atoms with Gasteiger partial charge >= 0.3 is 0 Å². The molecule has 2 rings (SSSR count). The highest BCUT2D eigenvalue weighted by Crippen LogP contribution is 2.34. The van der Waals surface area contributed by atoms with Crippen LogP contribution in [0.4, 0.5) is 0 Å². The van der Waals surface area contributed by atoms with E-state index >= 15 is 0 Å². The molecule has 0 nitrogen and oxygen atoms in total. The van der Waals surface area contributed by atoms with Crippen LogP contribution in [0.25, 0.3) is 0 Å². The van der Waals surface area contributed by atoms with Crippen molar-refractivity contribution in [3.05, 3.63) is 11.6 Å². The van der Waals surface area contributed by atoms with Gasteiger partial charge in [-0.1, -0.05) is 23.9 Å². The van der Waals surface area contributed by atoms with Gasteiger partial charge in [0.05, 0.1) is 0 Å². The molecular weight excluding hydrogens is 160 g/mol. The summed E-state index contributed by atoms with van der Waals surface area (Å²) in [5, 5.41) is 0. The van der Waals surface area contributed by atoms with Crippen LogP contribution in [0.15, 0.2) is 11.6 Å². The van der Waals surface area contributed by atoms with E-state index in [-0.39, 0.29) is 0 Å². The highest BCUT2D eigenvalue weighted by molar-refractivity contribution is 7.99. The van der Waals surface area contributed by atoms with E-state index in [2.05, 4.69) is 6.08 Å². The highest BCUT2D eigenvalue weighted by Gasteiger charge is 2.26. The first-order valence-electron chi connectivity index (χ1n) is 3.67. The van der Waals surface area contributed by atoms with Crippen LogP contribution in [0.1, 0.15) is 12.8 Å². The van der Waals surface area contributed by atoms with Crippen LogP contribution in [0.2, 0.25) is 0 Å². The zero-order valence-electron chi connectivity index (χ0n) is 5.80. The van der Waals surface area contributed by atoms with E-state index in [0.717, 1.165) is 6.42 Å². The quantitative estimate of drug-likeness (QED) is 0.404. The Hall–Kier alpha value is 0.180. The summed E-state index contributed by atoms with van der Waals surface area (Å²) in [6.45, 7) is 0. The molecule has 0 spiro atoms. The molecule has 0 bridgehead atoms. The Balaban J connectivity index is 2.26. The van der Waals surface area contributed by atoms with Gasteiger partial charge < -0.3 is 0 Å². The average Bonchev–Trinajstić information content (AvgIpc) is 2.36. The number of hydrogen-bond donors (Lipinski definition) is 0. The van der Waals surface area contributed by atoms with E-state index in [0.29, 0.717) is 5.92 Å². The number of thiocarbonyl (C=S) groups is 1. The lowest BCUT2D eigenvalue weighted by atomic mass is 9.90. The summed E-state index contributed by atoms with van der Waals surface area (Å²) in [5.41, 5.74) is 1.61. The minimum atomic E-state index is 0.689. The van der Waals surface area contributed by atoms with Crippen LogP contribution in [-0.4, -0.2) is 16.4 Å². The Bertz CT molecular complexity index is 193. The molecule has 0 aromatic carbocycles. The topological polar surface area (TPSA) is 0 Å². The fraction of sp³-hybridized carbons (Fsp3) is 0.625. The van der Waals surface area contributed by atoms with Gasteiger partial charge in [-0.2, -0.15) is 11.8 Å². The number of allylic oxidation sites excluding steroid dienone is 1. The first-order chi connectivity index (χ1) is 4.88. The summed E-state index contributed by atoms with van der Waals surface area (Å²) < 4.78 is 0. The van der Waals surface area contributed by atoms with Crippen molar-refractivity contribution in [2.24, 2.45) is 5.92 Å². The van der Waals surface area contributed by atoms with Crippen molar-refractivity contribution in [2.45, 2.75) is 12.8 Å². The maximum Gasteiger partial charge on any atom is 0.0211 e. The molecule has 2 aliphatic rings. The van der Waals surface area contributed by atoms with Gasteiger partial charge in [-0.3, -0.25) is 0 Å². The van der Waals surface area contributed by atoms with Gasteiger partial charge in [0.2, 0.25) is 0 Å². The Morgan fingerprint density at radius 1 is 1.60 bits per heavy atom. The molecule has 0 aromatic rings. The third kappa shape index (κ3) is 1.04. The maximum absolute atomic E-state index is 5.29. The molecule has 1 aliphatic carbocycles. The van der Waals surface area contributed by atoms with Crippen molar-refractivity contribution in [2.75, 3.05) is 11.5 Å². The first-order valence-corrected chi connectivity index (χ1v) is 5.23. The summed E-state index contributed by atoms with van der Waals surface area (Å²) in [7, 11) is 0. The second-order valence-electron chi connectivity index (χ2n) is 2.85. The molecule has 2 heteroatoms. The Morgan fingerprint density at radius 2 is 2.50 bits per heavy atom. The summed E-state index contributed by atoms with van der Waals surface area (Å²) in [4.78, 5) is 1.31. The minimum absolute atomic E-state index is 0.689. The maximum atomic E-state index is 5.29. The standard InChI is InChI=1S/C8H10S2/c9-8-3-1-2-6-4-10-5-7(6)8/h2,7H,1,3-5H2. The van der Waals surface area contributed by atoms with E-state index in [1.54, 1.807) is 5.57 Å². The van der Waals surface area contributed by atoms with Gasteiger partial charge in [0.15, 0.2) is 0 Å². The van der Waals surface area contributed by atoms with Crippen molar-refractivity contribution in [3.63, 3.8) is 0 Å². The second-order valence-corrected chi connectivity index (χ2v) is 4.41. The smallest absolute Gasteiger partial charge is 0.0211 e. The SMILES string of the molecule is S=C1CCC=C2CSCC12. The Kier molecular flexibility index (Phi) is 1.83. The van der Waals surface area contributed by atoms with Crippen molar-refractivity contribution in [3.8, 4) is 0 Å². The lowest BCUT2D eigenvalue weighted by molar-refractivity contribution is 0.875. The Morgan fingerprint density at radius 3 is 3.30 bits per heavy atom. The molecule has 0 N–H and O–H groups in total. The molecule has 1 fully saturated rings. The van der Waals surface area contributed by atoms with E-state index in [4.69, 9.17) is 12.2 Å². The van der Waals surface area contributed by atoms with Crippen molar-refractivity contribution in [1.82, 2.24) is 0 Å². The zero-order valence-corrected chi connectivity index (χ0v) is 7.43. The third-order valence-corrected chi connectivity index (χ3v) is 3.78. The summed E-state index contributed by atoms with van der Waals surface area (Å²) >= 11 is 7.32. The van der Waals surface area contributed by atoms with Crippen LogP contribution in [0, 0.1) is 5.92 Å².